The van der Waals surface area contributed by atoms with E-state index in [9.17, 15) is 14.7 Å². The number of nitrogens with zero attached hydrogens (tertiary/aromatic N) is 1. The molecule has 1 saturated carbocycles. The van der Waals surface area contributed by atoms with Gasteiger partial charge in [0.15, 0.2) is 5.12 Å². The number of aliphatic hydroxyl groups excluding tert-OH is 1. The summed E-state index contributed by atoms with van der Waals surface area (Å²) in [4.78, 5) is 24.8. The van der Waals surface area contributed by atoms with E-state index in [1.54, 1.807) is 6.92 Å². The lowest BCUT2D eigenvalue weighted by Crippen LogP contribution is -2.34. The summed E-state index contributed by atoms with van der Waals surface area (Å²) in [5.74, 6) is 0.590. The molecule has 4 nitrogen and oxygen atoms in total. The summed E-state index contributed by atoms with van der Waals surface area (Å²) in [6.45, 7) is 3.00. The van der Waals surface area contributed by atoms with E-state index in [4.69, 9.17) is 0 Å². The Morgan fingerprint density at radius 3 is 2.94 bits per heavy atom. The first-order valence-electron chi connectivity index (χ1n) is 6.67. The van der Waals surface area contributed by atoms with Crippen LogP contribution >= 0.6 is 11.8 Å². The molecule has 1 amide bonds. The number of likely N-dealkylation sites (tertiary alicyclic amines) is 1. The van der Waals surface area contributed by atoms with Gasteiger partial charge in [-0.25, -0.2) is 0 Å². The molecular weight excluding hydrogens is 250 g/mol. The van der Waals surface area contributed by atoms with E-state index in [-0.39, 0.29) is 22.4 Å². The maximum absolute atomic E-state index is 11.9. The Bertz CT molecular complexity index is 334. The van der Waals surface area contributed by atoms with Crippen LogP contribution in [0.15, 0.2) is 0 Å². The molecule has 0 radical (unpaired) electrons. The minimum atomic E-state index is -0.191. The van der Waals surface area contributed by atoms with Gasteiger partial charge >= 0.3 is 0 Å². The lowest BCUT2D eigenvalue weighted by molar-refractivity contribution is -0.128. The van der Waals surface area contributed by atoms with Gasteiger partial charge in [-0.2, -0.15) is 0 Å². The molecule has 0 aromatic rings. The van der Waals surface area contributed by atoms with E-state index in [0.29, 0.717) is 18.9 Å². The minimum absolute atomic E-state index is 0.0859. The van der Waals surface area contributed by atoms with Crippen LogP contribution in [-0.2, 0) is 9.59 Å². The SMILES string of the molecule is CC(=O)SC1CC(=O)N(CC2CCCC(O)C2)C1. The van der Waals surface area contributed by atoms with Crippen LogP contribution in [0.3, 0.4) is 0 Å². The monoisotopic (exact) mass is 271 g/mol. The van der Waals surface area contributed by atoms with Crippen molar-refractivity contribution in [3.05, 3.63) is 0 Å². The Morgan fingerprint density at radius 2 is 2.28 bits per heavy atom. The highest BCUT2D eigenvalue weighted by atomic mass is 32.2. The molecule has 1 saturated heterocycles. The van der Waals surface area contributed by atoms with Crippen LogP contribution in [0.4, 0.5) is 0 Å². The Morgan fingerprint density at radius 1 is 1.50 bits per heavy atom. The van der Waals surface area contributed by atoms with Crippen molar-refractivity contribution in [3.63, 3.8) is 0 Å². The van der Waals surface area contributed by atoms with Gasteiger partial charge in [-0.3, -0.25) is 9.59 Å². The Kier molecular flexibility index (Phi) is 4.67. The summed E-state index contributed by atoms with van der Waals surface area (Å²) in [6.07, 6.45) is 4.16. The van der Waals surface area contributed by atoms with Gasteiger partial charge in [0.25, 0.3) is 0 Å². The fraction of sp³-hybridized carbons (Fsp3) is 0.846. The van der Waals surface area contributed by atoms with Gasteiger partial charge in [0, 0.05) is 31.7 Å². The van der Waals surface area contributed by atoms with Gasteiger partial charge in [-0.05, 0) is 25.2 Å². The van der Waals surface area contributed by atoms with Crippen molar-refractivity contribution in [3.8, 4) is 0 Å². The number of thioether (sulfide) groups is 1. The van der Waals surface area contributed by atoms with Gasteiger partial charge in [0.2, 0.25) is 5.91 Å². The molecular formula is C13H21NO3S. The highest BCUT2D eigenvalue weighted by Gasteiger charge is 2.33. The third-order valence-electron chi connectivity index (χ3n) is 3.75. The average Bonchev–Trinajstić information content (AvgIpc) is 2.58. The Labute approximate surface area is 112 Å². The molecule has 18 heavy (non-hydrogen) atoms. The summed E-state index contributed by atoms with van der Waals surface area (Å²) < 4.78 is 0. The molecule has 1 heterocycles. The van der Waals surface area contributed by atoms with Crippen LogP contribution in [0, 0.1) is 5.92 Å². The lowest BCUT2D eigenvalue weighted by atomic mass is 9.87. The molecule has 2 aliphatic rings. The summed E-state index contributed by atoms with van der Waals surface area (Å²) in [7, 11) is 0. The first kappa shape index (κ1) is 13.9. The lowest BCUT2D eigenvalue weighted by Gasteiger charge is -2.29. The zero-order valence-electron chi connectivity index (χ0n) is 10.8. The van der Waals surface area contributed by atoms with Crippen molar-refractivity contribution in [1.29, 1.82) is 0 Å². The summed E-state index contributed by atoms with van der Waals surface area (Å²) in [5, 5.41) is 9.85. The number of hydrogen-bond donors (Lipinski definition) is 1. The second-order valence-electron chi connectivity index (χ2n) is 5.42. The molecule has 3 unspecified atom stereocenters. The highest BCUT2D eigenvalue weighted by Crippen LogP contribution is 2.29. The molecule has 1 aliphatic heterocycles. The molecule has 102 valence electrons. The van der Waals surface area contributed by atoms with Crippen molar-refractivity contribution in [2.75, 3.05) is 13.1 Å². The Hall–Kier alpha value is -0.550. The molecule has 1 aliphatic carbocycles. The van der Waals surface area contributed by atoms with E-state index in [2.05, 4.69) is 0 Å². The molecule has 3 atom stereocenters. The minimum Gasteiger partial charge on any atom is -0.393 e. The summed E-state index contributed by atoms with van der Waals surface area (Å²) in [5.41, 5.74) is 0. The normalized spacial score (nSPS) is 32.9. The van der Waals surface area contributed by atoms with E-state index >= 15 is 0 Å². The molecule has 1 N–H and O–H groups in total. The molecule has 2 fully saturated rings. The molecule has 2 rings (SSSR count). The number of aliphatic hydroxyl groups is 1. The summed E-state index contributed by atoms with van der Waals surface area (Å²) >= 11 is 1.28. The van der Waals surface area contributed by atoms with Crippen LogP contribution in [0.5, 0.6) is 0 Å². The van der Waals surface area contributed by atoms with Crippen LogP contribution in [-0.4, -0.2) is 45.5 Å². The zero-order chi connectivity index (χ0) is 13.1. The molecule has 0 bridgehead atoms. The molecule has 0 aromatic heterocycles. The fourth-order valence-corrected chi connectivity index (χ4v) is 3.92. The number of rotatable bonds is 3. The van der Waals surface area contributed by atoms with Gasteiger partial charge in [-0.15, -0.1) is 0 Å². The molecule has 0 spiro atoms. The topological polar surface area (TPSA) is 57.6 Å². The number of hydrogen-bond acceptors (Lipinski definition) is 4. The van der Waals surface area contributed by atoms with Crippen molar-refractivity contribution in [1.82, 2.24) is 4.90 Å². The van der Waals surface area contributed by atoms with E-state index in [0.717, 1.165) is 32.2 Å². The molecule has 5 heteroatoms. The van der Waals surface area contributed by atoms with Gasteiger partial charge < -0.3 is 10.0 Å². The van der Waals surface area contributed by atoms with E-state index in [1.165, 1.54) is 11.8 Å². The second-order valence-corrected chi connectivity index (χ2v) is 6.90. The maximum Gasteiger partial charge on any atom is 0.223 e. The largest absolute Gasteiger partial charge is 0.393 e. The van der Waals surface area contributed by atoms with E-state index < -0.39 is 0 Å². The van der Waals surface area contributed by atoms with Crippen molar-refractivity contribution >= 4 is 22.8 Å². The quantitative estimate of drug-likeness (QED) is 0.843. The van der Waals surface area contributed by atoms with Crippen molar-refractivity contribution in [2.45, 2.75) is 50.4 Å². The number of amides is 1. The average molecular weight is 271 g/mol. The Balaban J connectivity index is 1.82. The van der Waals surface area contributed by atoms with Crippen LogP contribution in [0.25, 0.3) is 0 Å². The van der Waals surface area contributed by atoms with Crippen LogP contribution in [0.1, 0.15) is 39.0 Å². The maximum atomic E-state index is 11.9. The predicted octanol–water partition coefficient (Wildman–Crippen LogP) is 1.42. The van der Waals surface area contributed by atoms with Crippen LogP contribution in [0.2, 0.25) is 0 Å². The van der Waals surface area contributed by atoms with Gasteiger partial charge in [0.05, 0.1) is 6.10 Å². The third-order valence-corrected chi connectivity index (χ3v) is 4.73. The zero-order valence-corrected chi connectivity index (χ0v) is 11.6. The standard InChI is InChI=1S/C13H21NO3S/c1-9(15)18-12-6-13(17)14(8-12)7-10-3-2-4-11(16)5-10/h10-12,16H,2-8H2,1H3. The van der Waals surface area contributed by atoms with E-state index in [1.807, 2.05) is 4.90 Å². The van der Waals surface area contributed by atoms with Gasteiger partial charge in [0.1, 0.15) is 0 Å². The number of carbonyl (C=O) groups excluding carboxylic acids is 2. The third kappa shape index (κ3) is 3.72. The molecule has 0 aromatic carbocycles. The first-order chi connectivity index (χ1) is 8.54. The second kappa shape index (κ2) is 6.06. The summed E-state index contributed by atoms with van der Waals surface area (Å²) in [6, 6.07) is 0. The smallest absolute Gasteiger partial charge is 0.223 e. The fourth-order valence-electron chi connectivity index (χ4n) is 2.97. The van der Waals surface area contributed by atoms with Crippen LogP contribution < -0.4 is 0 Å². The first-order valence-corrected chi connectivity index (χ1v) is 7.55. The van der Waals surface area contributed by atoms with Crippen molar-refractivity contribution < 1.29 is 14.7 Å². The van der Waals surface area contributed by atoms with Gasteiger partial charge in [-0.1, -0.05) is 18.2 Å². The van der Waals surface area contributed by atoms with Crippen molar-refractivity contribution in [2.24, 2.45) is 5.92 Å². The number of carbonyl (C=O) groups is 2. The predicted molar refractivity (Wildman–Crippen MR) is 71.2 cm³/mol. The highest BCUT2D eigenvalue weighted by molar-refractivity contribution is 8.14.